The maximum Gasteiger partial charge on any atom is 0.238 e. The Bertz CT molecular complexity index is 439. The Kier molecular flexibility index (Phi) is 5.76. The molecule has 4 heteroatoms. The lowest BCUT2D eigenvalue weighted by Crippen LogP contribution is -2.53. The molecule has 1 aromatic rings. The minimum Gasteiger partial charge on any atom is -0.329 e. The molecule has 0 heterocycles. The summed E-state index contributed by atoms with van der Waals surface area (Å²) in [4.78, 5) is 14.4. The average Bonchev–Trinajstić information content (AvgIpc) is 2.74. The van der Waals surface area contributed by atoms with E-state index in [1.54, 1.807) is 0 Å². The lowest BCUT2D eigenvalue weighted by Gasteiger charge is -2.40. The number of carbonyl (C=O) groups excluding carboxylic acids is 1. The number of benzene rings is 1. The third kappa shape index (κ3) is 4.29. The van der Waals surface area contributed by atoms with E-state index in [0.29, 0.717) is 13.1 Å². The minimum absolute atomic E-state index is 0.00940. The summed E-state index contributed by atoms with van der Waals surface area (Å²) in [6.07, 6.45) is 7.18. The highest BCUT2D eigenvalue weighted by Gasteiger charge is 2.34. The highest BCUT2D eigenvalue weighted by atomic mass is 16.2. The van der Waals surface area contributed by atoms with Crippen LogP contribution in [0, 0.1) is 0 Å². The molecule has 3 N–H and O–H groups in total. The fourth-order valence-corrected chi connectivity index (χ4v) is 3.23. The summed E-state index contributed by atoms with van der Waals surface area (Å²) in [7, 11) is 2.03. The number of para-hydroxylation sites is 1. The molecule has 0 bridgehead atoms. The summed E-state index contributed by atoms with van der Waals surface area (Å²) in [6.45, 7) is 1.02. The molecule has 0 saturated heterocycles. The summed E-state index contributed by atoms with van der Waals surface area (Å²) in [6, 6.07) is 9.60. The van der Waals surface area contributed by atoms with Gasteiger partial charge in [0.25, 0.3) is 0 Å². The predicted molar refractivity (Wildman–Crippen MR) is 87.2 cm³/mol. The number of nitrogens with two attached hydrogens (primary N) is 1. The van der Waals surface area contributed by atoms with Gasteiger partial charge in [0.2, 0.25) is 5.91 Å². The molecule has 116 valence electrons. The minimum atomic E-state index is -0.00940. The van der Waals surface area contributed by atoms with E-state index in [1.165, 1.54) is 25.7 Å². The molecule has 1 amide bonds. The first kappa shape index (κ1) is 16.0. The first-order valence-corrected chi connectivity index (χ1v) is 7.92. The molecule has 1 aliphatic rings. The number of rotatable bonds is 5. The third-order valence-corrected chi connectivity index (χ3v) is 4.66. The van der Waals surface area contributed by atoms with E-state index in [2.05, 4.69) is 10.2 Å². The Hall–Kier alpha value is -1.39. The van der Waals surface area contributed by atoms with E-state index >= 15 is 0 Å². The Labute approximate surface area is 127 Å². The van der Waals surface area contributed by atoms with Crippen molar-refractivity contribution in [1.29, 1.82) is 0 Å². The highest BCUT2D eigenvalue weighted by Crippen LogP contribution is 2.30. The normalized spacial score (nSPS) is 18.2. The van der Waals surface area contributed by atoms with Crippen molar-refractivity contribution in [1.82, 2.24) is 4.90 Å². The van der Waals surface area contributed by atoms with Crippen LogP contribution in [-0.2, 0) is 4.79 Å². The van der Waals surface area contributed by atoms with Gasteiger partial charge in [-0.2, -0.15) is 0 Å². The van der Waals surface area contributed by atoms with Crippen LogP contribution in [0.3, 0.4) is 0 Å². The molecule has 0 unspecified atom stereocenters. The standard InChI is InChI=1S/C17H27N3O/c1-20(17(14-18)11-7-2-3-8-12-17)13-16(21)19-15-9-5-4-6-10-15/h4-6,9-10H,2-3,7-8,11-14,18H2,1H3,(H,19,21). The van der Waals surface area contributed by atoms with Crippen LogP contribution in [0.4, 0.5) is 5.69 Å². The van der Waals surface area contributed by atoms with Crippen molar-refractivity contribution in [3.05, 3.63) is 30.3 Å². The second kappa shape index (κ2) is 7.57. The predicted octanol–water partition coefficient (Wildman–Crippen LogP) is 2.61. The Morgan fingerprint density at radius 2 is 1.81 bits per heavy atom. The summed E-state index contributed by atoms with van der Waals surface area (Å²) >= 11 is 0. The summed E-state index contributed by atoms with van der Waals surface area (Å²) < 4.78 is 0. The lowest BCUT2D eigenvalue weighted by molar-refractivity contribution is -0.118. The monoisotopic (exact) mass is 289 g/mol. The summed E-state index contributed by atoms with van der Waals surface area (Å²) in [5.41, 5.74) is 6.90. The van der Waals surface area contributed by atoms with Gasteiger partial charge in [-0.25, -0.2) is 0 Å². The van der Waals surface area contributed by atoms with Crippen LogP contribution in [0.1, 0.15) is 38.5 Å². The molecule has 21 heavy (non-hydrogen) atoms. The van der Waals surface area contributed by atoms with Crippen molar-refractivity contribution in [2.75, 3.05) is 25.5 Å². The van der Waals surface area contributed by atoms with Gasteiger partial charge in [-0.3, -0.25) is 9.69 Å². The molecule has 0 aliphatic heterocycles. The van der Waals surface area contributed by atoms with E-state index in [-0.39, 0.29) is 11.4 Å². The summed E-state index contributed by atoms with van der Waals surface area (Å²) in [5.74, 6) is 0.0285. The maximum atomic E-state index is 12.2. The highest BCUT2D eigenvalue weighted by molar-refractivity contribution is 5.92. The molecule has 0 atom stereocenters. The molecule has 1 aromatic carbocycles. The molecule has 4 nitrogen and oxygen atoms in total. The van der Waals surface area contributed by atoms with Crippen LogP contribution in [-0.4, -0.2) is 36.5 Å². The zero-order valence-corrected chi connectivity index (χ0v) is 13.0. The van der Waals surface area contributed by atoms with Gasteiger partial charge in [-0.15, -0.1) is 0 Å². The first-order valence-electron chi connectivity index (χ1n) is 7.92. The van der Waals surface area contributed by atoms with Crippen LogP contribution in [0.2, 0.25) is 0 Å². The molecule has 2 rings (SSSR count). The fourth-order valence-electron chi connectivity index (χ4n) is 3.23. The zero-order valence-electron chi connectivity index (χ0n) is 13.0. The number of amides is 1. The molecule has 1 saturated carbocycles. The van der Waals surface area contributed by atoms with E-state index in [1.807, 2.05) is 37.4 Å². The van der Waals surface area contributed by atoms with E-state index in [0.717, 1.165) is 18.5 Å². The second-order valence-corrected chi connectivity index (χ2v) is 6.11. The fraction of sp³-hybridized carbons (Fsp3) is 0.588. The van der Waals surface area contributed by atoms with E-state index in [4.69, 9.17) is 5.73 Å². The van der Waals surface area contributed by atoms with E-state index in [9.17, 15) is 4.79 Å². The molecule has 0 aromatic heterocycles. The van der Waals surface area contributed by atoms with Gasteiger partial charge < -0.3 is 11.1 Å². The number of likely N-dealkylation sites (N-methyl/N-ethyl adjacent to an activating group) is 1. The number of nitrogens with one attached hydrogen (secondary N) is 1. The van der Waals surface area contributed by atoms with Crippen molar-refractivity contribution >= 4 is 11.6 Å². The van der Waals surface area contributed by atoms with Crippen LogP contribution in [0.15, 0.2) is 30.3 Å². The van der Waals surface area contributed by atoms with Crippen LogP contribution in [0.5, 0.6) is 0 Å². The molecule has 0 spiro atoms. The smallest absolute Gasteiger partial charge is 0.238 e. The topological polar surface area (TPSA) is 58.4 Å². The summed E-state index contributed by atoms with van der Waals surface area (Å²) in [5, 5.41) is 2.95. The number of carbonyl (C=O) groups is 1. The van der Waals surface area contributed by atoms with Gasteiger partial charge in [0.15, 0.2) is 0 Å². The Morgan fingerprint density at radius 3 is 2.38 bits per heavy atom. The zero-order chi connectivity index (χ0) is 15.1. The van der Waals surface area contributed by atoms with Gasteiger partial charge >= 0.3 is 0 Å². The third-order valence-electron chi connectivity index (χ3n) is 4.66. The van der Waals surface area contributed by atoms with Gasteiger partial charge in [-0.05, 0) is 32.0 Å². The van der Waals surface area contributed by atoms with Gasteiger partial charge in [0.1, 0.15) is 0 Å². The Balaban J connectivity index is 1.95. The molecule has 0 radical (unpaired) electrons. The molecule has 1 aliphatic carbocycles. The number of hydrogen-bond acceptors (Lipinski definition) is 3. The van der Waals surface area contributed by atoms with Gasteiger partial charge in [0.05, 0.1) is 6.54 Å². The molecule has 1 fully saturated rings. The number of hydrogen-bond donors (Lipinski definition) is 2. The van der Waals surface area contributed by atoms with Crippen molar-refractivity contribution in [2.24, 2.45) is 5.73 Å². The lowest BCUT2D eigenvalue weighted by atomic mass is 9.88. The number of nitrogens with zero attached hydrogens (tertiary/aromatic N) is 1. The van der Waals surface area contributed by atoms with Crippen molar-refractivity contribution in [2.45, 2.75) is 44.1 Å². The average molecular weight is 289 g/mol. The quantitative estimate of drug-likeness (QED) is 0.819. The largest absolute Gasteiger partial charge is 0.329 e. The SMILES string of the molecule is CN(CC(=O)Nc1ccccc1)C1(CN)CCCCCC1. The first-order chi connectivity index (χ1) is 10.2. The second-order valence-electron chi connectivity index (χ2n) is 6.11. The van der Waals surface area contributed by atoms with Crippen LogP contribution < -0.4 is 11.1 Å². The molecular formula is C17H27N3O. The van der Waals surface area contributed by atoms with Gasteiger partial charge in [-0.1, -0.05) is 43.9 Å². The van der Waals surface area contributed by atoms with Gasteiger partial charge in [0, 0.05) is 17.8 Å². The van der Waals surface area contributed by atoms with Crippen LogP contribution in [0.25, 0.3) is 0 Å². The maximum absolute atomic E-state index is 12.2. The van der Waals surface area contributed by atoms with E-state index < -0.39 is 0 Å². The molecular weight excluding hydrogens is 262 g/mol. The van der Waals surface area contributed by atoms with Crippen molar-refractivity contribution in [3.63, 3.8) is 0 Å². The van der Waals surface area contributed by atoms with Crippen LogP contribution >= 0.6 is 0 Å². The van der Waals surface area contributed by atoms with Crippen molar-refractivity contribution < 1.29 is 4.79 Å². The van der Waals surface area contributed by atoms with Crippen molar-refractivity contribution in [3.8, 4) is 0 Å². The Morgan fingerprint density at radius 1 is 1.19 bits per heavy atom. The number of anilines is 1.